The van der Waals surface area contributed by atoms with Gasteiger partial charge in [0.2, 0.25) is 5.95 Å². The summed E-state index contributed by atoms with van der Waals surface area (Å²) in [6.07, 6.45) is 11.6. The van der Waals surface area contributed by atoms with Crippen molar-refractivity contribution in [2.75, 3.05) is 63.5 Å². The maximum atomic E-state index is 6.00. The SMILES string of the molecule is CCCCN(CCCC)CCCOc1nc(Nc2ccc(N)cc2)nc(OCCCN(CCCC)CCCC)n1. The molecular formula is C31H55N7O2. The molecule has 40 heavy (non-hydrogen) atoms. The standard InChI is InChI=1S/C31H55N7O2/c1-5-9-19-37(20-10-6-2)23-13-25-39-30-34-29(33-28-17-15-27(32)16-18-28)35-31(36-30)40-26-14-24-38(21-11-7-3)22-12-8-4/h15-18H,5-14,19-26,32H2,1-4H3,(H,33,34,35,36). The molecule has 0 aliphatic rings. The van der Waals surface area contributed by atoms with Crippen LogP contribution in [0.1, 0.15) is 91.9 Å². The maximum Gasteiger partial charge on any atom is 0.324 e. The number of hydrogen-bond acceptors (Lipinski definition) is 9. The number of rotatable bonds is 24. The minimum absolute atomic E-state index is 0.282. The van der Waals surface area contributed by atoms with Crippen LogP contribution in [0.2, 0.25) is 0 Å². The zero-order valence-corrected chi connectivity index (χ0v) is 25.7. The van der Waals surface area contributed by atoms with Gasteiger partial charge in [0.05, 0.1) is 13.2 Å². The molecule has 9 heteroatoms. The molecule has 0 saturated carbocycles. The Labute approximate surface area is 243 Å². The van der Waals surface area contributed by atoms with E-state index in [-0.39, 0.29) is 12.0 Å². The van der Waals surface area contributed by atoms with Gasteiger partial charge in [0, 0.05) is 24.5 Å². The van der Waals surface area contributed by atoms with Gasteiger partial charge in [0.15, 0.2) is 0 Å². The Hall–Kier alpha value is -2.65. The topological polar surface area (TPSA) is 102 Å². The van der Waals surface area contributed by atoms with Crippen LogP contribution in [0.5, 0.6) is 12.0 Å². The van der Waals surface area contributed by atoms with E-state index in [1.807, 2.05) is 24.3 Å². The molecule has 2 rings (SSSR count). The lowest BCUT2D eigenvalue weighted by molar-refractivity contribution is 0.210. The Morgan fingerprint density at radius 2 is 1.00 bits per heavy atom. The van der Waals surface area contributed by atoms with Crippen molar-refractivity contribution in [2.45, 2.75) is 91.9 Å². The molecule has 0 bridgehead atoms. The molecule has 2 aromatic rings. The number of nitrogens with zero attached hydrogens (tertiary/aromatic N) is 5. The van der Waals surface area contributed by atoms with E-state index in [0.29, 0.717) is 24.8 Å². The third-order valence-corrected chi connectivity index (χ3v) is 6.77. The third kappa shape index (κ3) is 14.7. The van der Waals surface area contributed by atoms with Crippen LogP contribution in [-0.2, 0) is 0 Å². The molecule has 9 nitrogen and oxygen atoms in total. The van der Waals surface area contributed by atoms with Gasteiger partial charge in [-0.3, -0.25) is 0 Å². The Balaban J connectivity index is 1.98. The molecule has 0 spiro atoms. The van der Waals surface area contributed by atoms with E-state index in [1.54, 1.807) is 0 Å². The van der Waals surface area contributed by atoms with Crippen molar-refractivity contribution in [1.82, 2.24) is 24.8 Å². The van der Waals surface area contributed by atoms with Gasteiger partial charge in [-0.1, -0.05) is 53.4 Å². The van der Waals surface area contributed by atoms with E-state index in [4.69, 9.17) is 15.2 Å². The van der Waals surface area contributed by atoms with Crippen LogP contribution in [0.15, 0.2) is 24.3 Å². The number of unbranched alkanes of at least 4 members (excludes halogenated alkanes) is 4. The molecule has 1 aromatic carbocycles. The van der Waals surface area contributed by atoms with E-state index in [0.717, 1.165) is 57.8 Å². The largest absolute Gasteiger partial charge is 0.463 e. The fourth-order valence-electron chi connectivity index (χ4n) is 4.32. The summed E-state index contributed by atoms with van der Waals surface area (Å²) in [5.41, 5.74) is 7.38. The second-order valence-electron chi connectivity index (χ2n) is 10.5. The number of benzene rings is 1. The van der Waals surface area contributed by atoms with Crippen molar-refractivity contribution >= 4 is 17.3 Å². The van der Waals surface area contributed by atoms with Crippen LogP contribution in [0.3, 0.4) is 0 Å². The highest BCUT2D eigenvalue weighted by Gasteiger charge is 2.11. The van der Waals surface area contributed by atoms with Crippen molar-refractivity contribution in [3.05, 3.63) is 24.3 Å². The van der Waals surface area contributed by atoms with Crippen LogP contribution in [0, 0.1) is 0 Å². The molecule has 1 aromatic heterocycles. The quantitative estimate of drug-likeness (QED) is 0.110. The highest BCUT2D eigenvalue weighted by atomic mass is 16.5. The van der Waals surface area contributed by atoms with Gasteiger partial charge in [-0.25, -0.2) is 0 Å². The Morgan fingerprint density at radius 3 is 1.40 bits per heavy atom. The number of nitrogens with two attached hydrogens (primary N) is 1. The molecule has 0 unspecified atom stereocenters. The van der Waals surface area contributed by atoms with E-state index in [9.17, 15) is 0 Å². The molecule has 226 valence electrons. The van der Waals surface area contributed by atoms with Gasteiger partial charge in [-0.2, -0.15) is 9.97 Å². The number of anilines is 3. The van der Waals surface area contributed by atoms with Crippen molar-refractivity contribution in [2.24, 2.45) is 0 Å². The first kappa shape index (κ1) is 33.6. The zero-order valence-electron chi connectivity index (χ0n) is 25.7. The van der Waals surface area contributed by atoms with E-state index >= 15 is 0 Å². The number of nitrogen functional groups attached to an aromatic ring is 1. The Bertz CT molecular complexity index is 836. The maximum absolute atomic E-state index is 6.00. The summed E-state index contributed by atoms with van der Waals surface area (Å²) >= 11 is 0. The van der Waals surface area contributed by atoms with Gasteiger partial charge in [0.25, 0.3) is 0 Å². The van der Waals surface area contributed by atoms with Crippen LogP contribution in [0.4, 0.5) is 17.3 Å². The van der Waals surface area contributed by atoms with Gasteiger partial charge >= 0.3 is 12.0 Å². The minimum Gasteiger partial charge on any atom is -0.463 e. The molecule has 0 atom stereocenters. The third-order valence-electron chi connectivity index (χ3n) is 6.77. The number of aromatic nitrogens is 3. The number of nitrogens with one attached hydrogen (secondary N) is 1. The van der Waals surface area contributed by atoms with E-state index in [2.05, 4.69) is 57.8 Å². The highest BCUT2D eigenvalue weighted by molar-refractivity contribution is 5.57. The summed E-state index contributed by atoms with van der Waals surface area (Å²) in [6.45, 7) is 16.7. The van der Waals surface area contributed by atoms with Crippen LogP contribution in [-0.4, -0.2) is 77.2 Å². The predicted molar refractivity (Wildman–Crippen MR) is 167 cm³/mol. The van der Waals surface area contributed by atoms with Crippen molar-refractivity contribution in [3.63, 3.8) is 0 Å². The van der Waals surface area contributed by atoms with Gasteiger partial charge < -0.3 is 30.3 Å². The first-order valence-corrected chi connectivity index (χ1v) is 15.7. The molecule has 0 saturated heterocycles. The molecule has 3 N–H and O–H groups in total. The average molecular weight is 558 g/mol. The smallest absolute Gasteiger partial charge is 0.324 e. The fraction of sp³-hybridized carbons (Fsp3) is 0.710. The normalized spacial score (nSPS) is 11.3. The van der Waals surface area contributed by atoms with Gasteiger partial charge in [-0.05, 0) is 89.0 Å². The van der Waals surface area contributed by atoms with Crippen LogP contribution >= 0.6 is 0 Å². The molecule has 0 aliphatic carbocycles. The second kappa shape index (κ2) is 21.1. The summed E-state index contributed by atoms with van der Waals surface area (Å²) in [7, 11) is 0. The van der Waals surface area contributed by atoms with Crippen LogP contribution < -0.4 is 20.5 Å². The predicted octanol–water partition coefficient (Wildman–Crippen LogP) is 6.54. The molecule has 0 amide bonds. The second-order valence-corrected chi connectivity index (χ2v) is 10.5. The zero-order chi connectivity index (χ0) is 28.8. The number of ether oxygens (including phenoxy) is 2. The summed E-state index contributed by atoms with van der Waals surface area (Å²) < 4.78 is 12.0. The Kier molecular flexibility index (Phi) is 17.7. The first-order valence-electron chi connectivity index (χ1n) is 15.7. The van der Waals surface area contributed by atoms with Crippen molar-refractivity contribution in [3.8, 4) is 12.0 Å². The lowest BCUT2D eigenvalue weighted by Crippen LogP contribution is -2.28. The number of hydrogen-bond donors (Lipinski definition) is 2. The molecule has 0 aliphatic heterocycles. The monoisotopic (exact) mass is 557 g/mol. The molecule has 0 fully saturated rings. The van der Waals surface area contributed by atoms with E-state index in [1.165, 1.54) is 51.4 Å². The van der Waals surface area contributed by atoms with Gasteiger partial charge in [0.1, 0.15) is 0 Å². The lowest BCUT2D eigenvalue weighted by Gasteiger charge is -2.22. The first-order chi connectivity index (χ1) is 19.6. The van der Waals surface area contributed by atoms with Crippen molar-refractivity contribution in [1.29, 1.82) is 0 Å². The van der Waals surface area contributed by atoms with Crippen LogP contribution in [0.25, 0.3) is 0 Å². The Morgan fingerprint density at radius 1 is 0.600 bits per heavy atom. The minimum atomic E-state index is 0.282. The van der Waals surface area contributed by atoms with Crippen molar-refractivity contribution < 1.29 is 9.47 Å². The highest BCUT2D eigenvalue weighted by Crippen LogP contribution is 2.19. The lowest BCUT2D eigenvalue weighted by atomic mass is 10.2. The summed E-state index contributed by atoms with van der Waals surface area (Å²) in [4.78, 5) is 18.5. The average Bonchev–Trinajstić information content (AvgIpc) is 2.96. The van der Waals surface area contributed by atoms with Gasteiger partial charge in [-0.15, -0.1) is 4.98 Å². The summed E-state index contributed by atoms with van der Waals surface area (Å²) in [5, 5.41) is 3.23. The van der Waals surface area contributed by atoms with E-state index < -0.39 is 0 Å². The summed E-state index contributed by atoms with van der Waals surface area (Å²) in [6, 6.07) is 8.02. The molecule has 0 radical (unpaired) electrons. The summed E-state index contributed by atoms with van der Waals surface area (Å²) in [5.74, 6) is 0.393. The molecular weight excluding hydrogens is 502 g/mol. The fourth-order valence-corrected chi connectivity index (χ4v) is 4.32. The molecule has 1 heterocycles.